The smallest absolute Gasteiger partial charge is 0.435 e. The van der Waals surface area contributed by atoms with Crippen LogP contribution in [-0.4, -0.2) is 79.7 Å². The van der Waals surface area contributed by atoms with Crippen molar-refractivity contribution < 1.29 is 63.6 Å². The number of ether oxygens (including phenoxy) is 3. The predicted molar refractivity (Wildman–Crippen MR) is 138 cm³/mol. The molecule has 6 nitrogen and oxygen atoms in total. The zero-order valence-corrected chi connectivity index (χ0v) is 24.2. The van der Waals surface area contributed by atoms with Crippen LogP contribution in [0.5, 0.6) is 5.75 Å². The second-order valence-electron chi connectivity index (χ2n) is 12.2. The van der Waals surface area contributed by atoms with Crippen LogP contribution in [0.15, 0.2) is 18.2 Å². The maximum Gasteiger partial charge on any atom is 0.435 e. The number of halogens is 9. The predicted octanol–water partition coefficient (Wildman–Crippen LogP) is 7.75. The summed E-state index contributed by atoms with van der Waals surface area (Å²) in [5, 5.41) is 8.97. The molecule has 3 aliphatic rings. The molecule has 4 rings (SSSR count). The third kappa shape index (κ3) is 6.32. The number of aryl methyl sites for hydroxylation is 1. The monoisotopic (exact) mass is 649 g/mol. The summed E-state index contributed by atoms with van der Waals surface area (Å²) in [6.45, 7) is 0.747. The van der Waals surface area contributed by atoms with E-state index in [-0.39, 0.29) is 37.2 Å². The number of nitrogens with zero attached hydrogens (tertiary/aromatic N) is 1. The number of carbonyl (C=O) groups is 1. The molecule has 2 fully saturated rings. The van der Waals surface area contributed by atoms with Crippen LogP contribution in [0, 0.1) is 17.3 Å². The van der Waals surface area contributed by atoms with Crippen LogP contribution in [0.25, 0.3) is 0 Å². The first-order chi connectivity index (χ1) is 20.3. The fourth-order valence-corrected chi connectivity index (χ4v) is 7.51. The topological polar surface area (TPSA) is 68.2 Å². The first kappa shape index (κ1) is 34.5. The van der Waals surface area contributed by atoms with Gasteiger partial charge in [-0.3, -0.25) is 0 Å². The summed E-state index contributed by atoms with van der Waals surface area (Å²) in [6, 6.07) is 5.92. The third-order valence-corrected chi connectivity index (χ3v) is 9.76. The molecule has 1 aromatic rings. The van der Waals surface area contributed by atoms with Crippen molar-refractivity contribution in [2.75, 3.05) is 33.4 Å². The Labute approximate surface area is 248 Å². The molecule has 15 heteroatoms. The number of rotatable bonds is 10. The molecule has 1 amide bonds. The molecule has 0 aromatic heterocycles. The van der Waals surface area contributed by atoms with Gasteiger partial charge in [0, 0.05) is 13.7 Å². The minimum absolute atomic E-state index is 0.218. The van der Waals surface area contributed by atoms with E-state index in [1.807, 2.05) is 12.1 Å². The molecule has 250 valence electrons. The van der Waals surface area contributed by atoms with Crippen LogP contribution in [-0.2, 0) is 15.9 Å². The Hall–Kier alpha value is -2.42. The zero-order chi connectivity index (χ0) is 32.7. The van der Waals surface area contributed by atoms with Crippen molar-refractivity contribution in [3.8, 4) is 5.75 Å². The van der Waals surface area contributed by atoms with Crippen LogP contribution in [0.4, 0.5) is 44.3 Å². The van der Waals surface area contributed by atoms with E-state index in [9.17, 15) is 44.3 Å². The highest BCUT2D eigenvalue weighted by molar-refractivity contribution is 5.64. The maximum atomic E-state index is 13.1. The van der Waals surface area contributed by atoms with E-state index in [1.54, 1.807) is 0 Å². The number of carboxylic acid groups (broad SMARTS) is 1. The largest absolute Gasteiger partial charge is 0.492 e. The van der Waals surface area contributed by atoms with E-state index < -0.39 is 43.3 Å². The van der Waals surface area contributed by atoms with Crippen LogP contribution in [0.2, 0.25) is 0 Å². The van der Waals surface area contributed by atoms with Crippen LogP contribution >= 0.6 is 0 Å². The van der Waals surface area contributed by atoms with Gasteiger partial charge in [-0.1, -0.05) is 13.0 Å². The SMILES string of the molecule is CN(CCOc1ccc2c(c1)CC[C@@H]1[C@@H]2CC[C@]2(C)[C@@H](OCCCOC(C(F)(F)F)(C(F)(F)F)C(F)(F)F)CC[C@@H]12)C(=O)O. The van der Waals surface area contributed by atoms with Gasteiger partial charge in [-0.05, 0) is 91.4 Å². The van der Waals surface area contributed by atoms with E-state index in [4.69, 9.17) is 14.6 Å². The summed E-state index contributed by atoms with van der Waals surface area (Å²) < 4.78 is 133. The molecule has 1 aromatic carbocycles. The number of amides is 1. The molecule has 5 atom stereocenters. The summed E-state index contributed by atoms with van der Waals surface area (Å²) >= 11 is 0. The van der Waals surface area contributed by atoms with Crippen LogP contribution in [0.3, 0.4) is 0 Å². The highest BCUT2D eigenvalue weighted by atomic mass is 19.4. The molecule has 0 aliphatic heterocycles. The van der Waals surface area contributed by atoms with Crippen LogP contribution in [0.1, 0.15) is 62.5 Å². The Morgan fingerprint density at radius 1 is 0.955 bits per heavy atom. The van der Waals surface area contributed by atoms with E-state index in [2.05, 4.69) is 17.7 Å². The number of fused-ring (bicyclic) bond motifs is 5. The molecule has 0 spiro atoms. The second-order valence-corrected chi connectivity index (χ2v) is 12.2. The van der Waals surface area contributed by atoms with Crippen molar-refractivity contribution in [2.45, 2.75) is 88.0 Å². The lowest BCUT2D eigenvalue weighted by molar-refractivity contribution is -0.457. The summed E-state index contributed by atoms with van der Waals surface area (Å²) in [7, 11) is 1.46. The molecule has 2 saturated carbocycles. The quantitative estimate of drug-likeness (QED) is 0.208. The van der Waals surface area contributed by atoms with Gasteiger partial charge in [0.15, 0.2) is 0 Å². The first-order valence-electron chi connectivity index (χ1n) is 14.5. The highest BCUT2D eigenvalue weighted by Gasteiger charge is 2.85. The number of likely N-dealkylation sites (N-methyl/N-ethyl adjacent to an activating group) is 1. The Bertz CT molecular complexity index is 1140. The van der Waals surface area contributed by atoms with Crippen molar-refractivity contribution in [1.82, 2.24) is 4.90 Å². The molecular weight excluding hydrogens is 613 g/mol. The van der Waals surface area contributed by atoms with Gasteiger partial charge in [-0.15, -0.1) is 0 Å². The summed E-state index contributed by atoms with van der Waals surface area (Å²) in [6.07, 6.45) is -17.4. The van der Waals surface area contributed by atoms with E-state index in [0.29, 0.717) is 24.0 Å². The average Bonchev–Trinajstić information content (AvgIpc) is 3.24. The highest BCUT2D eigenvalue weighted by Crippen LogP contribution is 2.62. The summed E-state index contributed by atoms with van der Waals surface area (Å²) in [4.78, 5) is 12.1. The molecular formula is C29H36F9NO5. The van der Waals surface area contributed by atoms with E-state index in [1.165, 1.54) is 18.2 Å². The minimum Gasteiger partial charge on any atom is -0.492 e. The number of hydrogen-bond donors (Lipinski definition) is 1. The fraction of sp³-hybridized carbons (Fsp3) is 0.759. The number of hydrogen-bond acceptors (Lipinski definition) is 4. The molecule has 0 saturated heterocycles. The van der Waals surface area contributed by atoms with Crippen molar-refractivity contribution >= 4 is 6.09 Å². The third-order valence-electron chi connectivity index (χ3n) is 9.76. The molecule has 3 aliphatic carbocycles. The van der Waals surface area contributed by atoms with E-state index >= 15 is 0 Å². The molecule has 0 heterocycles. The first-order valence-corrected chi connectivity index (χ1v) is 14.5. The Balaban J connectivity index is 1.33. The van der Waals surface area contributed by atoms with Crippen molar-refractivity contribution in [1.29, 1.82) is 0 Å². The molecule has 0 bridgehead atoms. The Morgan fingerprint density at radius 3 is 2.23 bits per heavy atom. The standard InChI is InChI=1S/C29H36F9NO5/c1-25-11-10-20-19-7-5-18(42-15-12-39(2)24(40)41)16-17(19)4-6-21(20)22(25)8-9-23(25)43-13-3-14-44-26(27(30,31)32,28(33,34)35)29(36,37)38/h5,7,16,20-23H,3-4,6,8-15H2,1-2H3,(H,40,41)/t20-,21-,22+,23+,25+/m1/s1. The van der Waals surface area contributed by atoms with Gasteiger partial charge in [0.2, 0.25) is 0 Å². The van der Waals surface area contributed by atoms with Crippen molar-refractivity contribution in [3.05, 3.63) is 29.3 Å². The lowest BCUT2D eigenvalue weighted by atomic mass is 9.55. The average molecular weight is 650 g/mol. The maximum absolute atomic E-state index is 13.1. The van der Waals surface area contributed by atoms with Crippen molar-refractivity contribution in [3.63, 3.8) is 0 Å². The second kappa shape index (κ2) is 12.4. The molecule has 1 N–H and O–H groups in total. The normalized spacial score (nSPS) is 27.3. The van der Waals surface area contributed by atoms with Gasteiger partial charge in [0.1, 0.15) is 12.4 Å². The van der Waals surface area contributed by atoms with Crippen molar-refractivity contribution in [2.24, 2.45) is 17.3 Å². The number of benzene rings is 1. The summed E-state index contributed by atoms with van der Waals surface area (Å²) in [5.74, 6) is 1.58. The lowest BCUT2D eigenvalue weighted by Gasteiger charge is -2.50. The number of alkyl halides is 9. The van der Waals surface area contributed by atoms with Gasteiger partial charge >= 0.3 is 30.2 Å². The van der Waals surface area contributed by atoms with Gasteiger partial charge in [-0.2, -0.15) is 39.5 Å². The fourth-order valence-electron chi connectivity index (χ4n) is 7.51. The van der Waals surface area contributed by atoms with Gasteiger partial charge in [0.05, 0.1) is 19.3 Å². The molecule has 44 heavy (non-hydrogen) atoms. The Morgan fingerprint density at radius 2 is 1.61 bits per heavy atom. The lowest BCUT2D eigenvalue weighted by Crippen LogP contribution is -2.67. The minimum atomic E-state index is -6.75. The summed E-state index contributed by atoms with van der Waals surface area (Å²) in [5.41, 5.74) is -4.14. The zero-order valence-electron chi connectivity index (χ0n) is 24.2. The molecule has 0 unspecified atom stereocenters. The van der Waals surface area contributed by atoms with Gasteiger partial charge < -0.3 is 24.2 Å². The molecule has 0 radical (unpaired) electrons. The van der Waals surface area contributed by atoms with Gasteiger partial charge in [-0.25, -0.2) is 4.79 Å². The van der Waals surface area contributed by atoms with Crippen LogP contribution < -0.4 is 4.74 Å². The van der Waals surface area contributed by atoms with Gasteiger partial charge in [0.25, 0.3) is 0 Å². The Kier molecular flexibility index (Phi) is 9.72. The van der Waals surface area contributed by atoms with E-state index in [0.717, 1.165) is 37.0 Å².